The third-order valence-corrected chi connectivity index (χ3v) is 4.35. The number of nitrogens with one attached hydrogen (secondary N) is 1. The summed E-state index contributed by atoms with van der Waals surface area (Å²) in [5, 5.41) is 12.6. The van der Waals surface area contributed by atoms with E-state index in [4.69, 9.17) is 0 Å². The first-order chi connectivity index (χ1) is 11.2. The van der Waals surface area contributed by atoms with Crippen molar-refractivity contribution in [1.29, 1.82) is 0 Å². The molecular weight excluding hydrogens is 307 g/mol. The Morgan fingerprint density at radius 3 is 2.42 bits per heavy atom. The van der Waals surface area contributed by atoms with E-state index in [-0.39, 0.29) is 29.3 Å². The number of halogens is 1. The van der Waals surface area contributed by atoms with Crippen molar-refractivity contribution in [3.05, 3.63) is 35.6 Å². The van der Waals surface area contributed by atoms with E-state index in [1.165, 1.54) is 12.1 Å². The second kappa shape index (κ2) is 8.08. The highest BCUT2D eigenvalue weighted by Crippen LogP contribution is 2.29. The molecule has 2 rings (SSSR count). The highest BCUT2D eigenvalue weighted by molar-refractivity contribution is 5.78. The Balaban J connectivity index is 1.99. The van der Waals surface area contributed by atoms with E-state index in [9.17, 15) is 14.3 Å². The van der Waals surface area contributed by atoms with Crippen molar-refractivity contribution in [2.75, 3.05) is 19.6 Å². The minimum Gasteiger partial charge on any atom is -0.393 e. The van der Waals surface area contributed by atoms with Crippen LogP contribution in [-0.4, -0.2) is 41.7 Å². The zero-order valence-electron chi connectivity index (χ0n) is 14.9. The second-order valence-electron chi connectivity index (χ2n) is 7.94. The Labute approximate surface area is 144 Å². The van der Waals surface area contributed by atoms with E-state index in [2.05, 4.69) is 31.0 Å². The third-order valence-electron chi connectivity index (χ3n) is 4.35. The molecule has 24 heavy (non-hydrogen) atoms. The number of hydrogen-bond acceptors (Lipinski definition) is 3. The smallest absolute Gasteiger partial charge is 0.234 e. The van der Waals surface area contributed by atoms with E-state index < -0.39 is 0 Å². The molecule has 0 saturated carbocycles. The summed E-state index contributed by atoms with van der Waals surface area (Å²) in [4.78, 5) is 14.5. The molecule has 1 fully saturated rings. The molecule has 4 nitrogen and oxygen atoms in total. The van der Waals surface area contributed by atoms with Crippen molar-refractivity contribution in [1.82, 2.24) is 10.2 Å². The van der Waals surface area contributed by atoms with Gasteiger partial charge in [-0.15, -0.1) is 0 Å². The topological polar surface area (TPSA) is 52.6 Å². The fourth-order valence-corrected chi connectivity index (χ4v) is 3.08. The third kappa shape index (κ3) is 6.21. The average Bonchev–Trinajstić information content (AvgIpc) is 2.48. The zero-order valence-corrected chi connectivity index (χ0v) is 14.9. The molecule has 1 unspecified atom stereocenters. The van der Waals surface area contributed by atoms with Gasteiger partial charge in [-0.2, -0.15) is 0 Å². The first-order valence-corrected chi connectivity index (χ1v) is 8.68. The van der Waals surface area contributed by atoms with Crippen LogP contribution >= 0.6 is 0 Å². The number of carbonyl (C=O) groups excluding carboxylic acids is 1. The van der Waals surface area contributed by atoms with Gasteiger partial charge in [0, 0.05) is 13.1 Å². The number of benzene rings is 1. The van der Waals surface area contributed by atoms with Crippen LogP contribution in [0.5, 0.6) is 0 Å². The molecule has 5 heteroatoms. The monoisotopic (exact) mass is 336 g/mol. The van der Waals surface area contributed by atoms with Gasteiger partial charge in [-0.1, -0.05) is 32.9 Å². The molecule has 0 spiro atoms. The average molecular weight is 336 g/mol. The van der Waals surface area contributed by atoms with E-state index >= 15 is 0 Å². The largest absolute Gasteiger partial charge is 0.393 e. The van der Waals surface area contributed by atoms with Crippen LogP contribution in [0.4, 0.5) is 4.39 Å². The summed E-state index contributed by atoms with van der Waals surface area (Å²) >= 11 is 0. The van der Waals surface area contributed by atoms with Gasteiger partial charge in [0.1, 0.15) is 5.82 Å². The lowest BCUT2D eigenvalue weighted by atomic mass is 9.85. The summed E-state index contributed by atoms with van der Waals surface area (Å²) < 4.78 is 13.2. The molecule has 1 aromatic rings. The quantitative estimate of drug-likeness (QED) is 0.869. The maximum Gasteiger partial charge on any atom is 0.234 e. The van der Waals surface area contributed by atoms with Crippen LogP contribution in [0.15, 0.2) is 24.3 Å². The lowest BCUT2D eigenvalue weighted by molar-refractivity contribution is -0.123. The summed E-state index contributed by atoms with van der Waals surface area (Å²) in [6, 6.07) is 6.22. The van der Waals surface area contributed by atoms with Gasteiger partial charge in [-0.25, -0.2) is 4.39 Å². The molecule has 1 aliphatic heterocycles. The number of amides is 1. The molecule has 1 amide bonds. The lowest BCUT2D eigenvalue weighted by Gasteiger charge is -2.31. The fourth-order valence-electron chi connectivity index (χ4n) is 3.08. The molecule has 1 saturated heterocycles. The number of aliphatic hydroxyl groups is 1. The molecule has 1 aromatic carbocycles. The van der Waals surface area contributed by atoms with Crippen LogP contribution in [0.2, 0.25) is 0 Å². The Morgan fingerprint density at radius 1 is 1.29 bits per heavy atom. The molecule has 1 aliphatic rings. The summed E-state index contributed by atoms with van der Waals surface area (Å²) in [6.07, 6.45) is 1.98. The second-order valence-corrected chi connectivity index (χ2v) is 7.94. The van der Waals surface area contributed by atoms with E-state index in [0.717, 1.165) is 37.9 Å². The van der Waals surface area contributed by atoms with Crippen LogP contribution in [0.25, 0.3) is 0 Å². The van der Waals surface area contributed by atoms with Crippen molar-refractivity contribution in [2.45, 2.75) is 52.2 Å². The summed E-state index contributed by atoms with van der Waals surface area (Å²) in [6.45, 7) is 8.21. The minimum absolute atomic E-state index is 0.0232. The van der Waals surface area contributed by atoms with Gasteiger partial charge in [0.25, 0.3) is 0 Å². The molecule has 1 atom stereocenters. The lowest BCUT2D eigenvalue weighted by Crippen LogP contribution is -2.43. The van der Waals surface area contributed by atoms with Crippen molar-refractivity contribution >= 4 is 5.91 Å². The molecular formula is C19H29FN2O2. The maximum absolute atomic E-state index is 13.2. The van der Waals surface area contributed by atoms with E-state index in [1.54, 1.807) is 12.1 Å². The van der Waals surface area contributed by atoms with E-state index in [0.29, 0.717) is 6.54 Å². The molecule has 0 radical (unpaired) electrons. The van der Waals surface area contributed by atoms with Crippen LogP contribution in [0, 0.1) is 11.2 Å². The standard InChI is InChI=1S/C19H29FN2O2/c1-19(2,3)12-17(14-4-6-15(20)7-5-14)21-18(24)13-22-10-8-16(23)9-11-22/h4-7,16-17,23H,8-13H2,1-3H3,(H,21,24). The number of piperidine rings is 1. The Bertz CT molecular complexity index is 531. The SMILES string of the molecule is CC(C)(C)CC(NC(=O)CN1CCC(O)CC1)c1ccc(F)cc1. The normalized spacial score (nSPS) is 18.4. The van der Waals surface area contributed by atoms with Crippen LogP contribution < -0.4 is 5.32 Å². The Kier molecular flexibility index (Phi) is 6.35. The summed E-state index contributed by atoms with van der Waals surface area (Å²) in [7, 11) is 0. The number of carbonyl (C=O) groups is 1. The van der Waals surface area contributed by atoms with Gasteiger partial charge in [0.15, 0.2) is 0 Å². The Morgan fingerprint density at radius 2 is 1.88 bits per heavy atom. The molecule has 0 bridgehead atoms. The zero-order chi connectivity index (χ0) is 17.7. The van der Waals surface area contributed by atoms with Gasteiger partial charge in [0.05, 0.1) is 18.7 Å². The van der Waals surface area contributed by atoms with Gasteiger partial charge in [0.2, 0.25) is 5.91 Å². The van der Waals surface area contributed by atoms with Crippen molar-refractivity contribution in [2.24, 2.45) is 5.41 Å². The molecule has 1 heterocycles. The number of nitrogens with zero attached hydrogens (tertiary/aromatic N) is 1. The highest BCUT2D eigenvalue weighted by atomic mass is 19.1. The van der Waals surface area contributed by atoms with Gasteiger partial charge >= 0.3 is 0 Å². The number of likely N-dealkylation sites (tertiary alicyclic amines) is 1. The van der Waals surface area contributed by atoms with Gasteiger partial charge < -0.3 is 10.4 Å². The molecule has 2 N–H and O–H groups in total. The first kappa shape index (κ1) is 18.9. The minimum atomic E-state index is -0.272. The van der Waals surface area contributed by atoms with Crippen LogP contribution in [-0.2, 0) is 4.79 Å². The summed E-state index contributed by atoms with van der Waals surface area (Å²) in [5.41, 5.74) is 0.968. The van der Waals surface area contributed by atoms with Crippen LogP contribution in [0.3, 0.4) is 0 Å². The maximum atomic E-state index is 13.2. The summed E-state index contributed by atoms with van der Waals surface area (Å²) in [5.74, 6) is -0.295. The van der Waals surface area contributed by atoms with Crippen LogP contribution in [0.1, 0.15) is 51.6 Å². The van der Waals surface area contributed by atoms with Gasteiger partial charge in [-0.05, 0) is 42.4 Å². The van der Waals surface area contributed by atoms with Crippen molar-refractivity contribution in [3.8, 4) is 0 Å². The number of rotatable bonds is 5. The van der Waals surface area contributed by atoms with Crippen molar-refractivity contribution < 1.29 is 14.3 Å². The first-order valence-electron chi connectivity index (χ1n) is 8.68. The predicted octanol–water partition coefficient (Wildman–Crippen LogP) is 2.88. The molecule has 0 aromatic heterocycles. The highest BCUT2D eigenvalue weighted by Gasteiger charge is 2.24. The predicted molar refractivity (Wildman–Crippen MR) is 93.0 cm³/mol. The number of hydrogen-bond donors (Lipinski definition) is 2. The molecule has 134 valence electrons. The van der Waals surface area contributed by atoms with Crippen molar-refractivity contribution in [3.63, 3.8) is 0 Å². The number of aliphatic hydroxyl groups excluding tert-OH is 1. The van der Waals surface area contributed by atoms with E-state index in [1.807, 2.05) is 0 Å². The Hall–Kier alpha value is -1.46. The fraction of sp³-hybridized carbons (Fsp3) is 0.632. The van der Waals surface area contributed by atoms with Gasteiger partial charge in [-0.3, -0.25) is 9.69 Å². The molecule has 0 aliphatic carbocycles.